The number of carbonyl (C=O) groups excluding carboxylic acids is 2. The summed E-state index contributed by atoms with van der Waals surface area (Å²) in [6.45, 7) is 2.00. The fourth-order valence-corrected chi connectivity index (χ4v) is 2.73. The maximum Gasteiger partial charge on any atom is 0.246 e. The highest BCUT2D eigenvalue weighted by Crippen LogP contribution is 2.25. The predicted octanol–water partition coefficient (Wildman–Crippen LogP) is 0.996. The van der Waals surface area contributed by atoms with Gasteiger partial charge >= 0.3 is 0 Å². The standard InChI is InChI=1S/C19H27N5O3/c1-5-19(24(17(25)11-20-2)18(26)12-21-3)27-16-8-6-7-14(9-16)15-10-22-23(4)13-15/h6-10,13,19-21H,5,11-12H2,1-4H3. The van der Waals surface area contributed by atoms with Crippen LogP contribution < -0.4 is 15.4 Å². The van der Waals surface area contributed by atoms with Crippen LogP contribution in [0, 0.1) is 0 Å². The third kappa shape index (κ3) is 5.38. The number of carbonyl (C=O) groups is 2. The first-order chi connectivity index (χ1) is 13.0. The lowest BCUT2D eigenvalue weighted by Crippen LogP contribution is -2.52. The second kappa shape index (κ2) is 9.84. The zero-order valence-electron chi connectivity index (χ0n) is 16.2. The van der Waals surface area contributed by atoms with E-state index in [4.69, 9.17) is 4.74 Å². The van der Waals surface area contributed by atoms with Crippen LogP contribution in [-0.2, 0) is 16.6 Å². The Kier molecular flexibility index (Phi) is 7.51. The summed E-state index contributed by atoms with van der Waals surface area (Å²) >= 11 is 0. The molecule has 0 bridgehead atoms. The van der Waals surface area contributed by atoms with Gasteiger partial charge in [-0.15, -0.1) is 0 Å². The lowest BCUT2D eigenvalue weighted by molar-refractivity contribution is -0.153. The number of imide groups is 1. The Bertz CT molecular complexity index is 756. The molecule has 2 rings (SSSR count). The van der Waals surface area contributed by atoms with E-state index in [0.29, 0.717) is 12.2 Å². The lowest BCUT2D eigenvalue weighted by Gasteiger charge is -2.30. The quantitative estimate of drug-likeness (QED) is 0.638. The number of amides is 2. The van der Waals surface area contributed by atoms with Crippen LogP contribution in [0.3, 0.4) is 0 Å². The molecule has 0 fully saturated rings. The lowest BCUT2D eigenvalue weighted by atomic mass is 10.1. The summed E-state index contributed by atoms with van der Waals surface area (Å²) in [5.41, 5.74) is 1.91. The van der Waals surface area contributed by atoms with E-state index < -0.39 is 6.23 Å². The van der Waals surface area contributed by atoms with Gasteiger partial charge in [0.15, 0.2) is 6.23 Å². The maximum absolute atomic E-state index is 12.5. The highest BCUT2D eigenvalue weighted by molar-refractivity contribution is 5.97. The minimum Gasteiger partial charge on any atom is -0.470 e. The zero-order valence-corrected chi connectivity index (χ0v) is 16.2. The molecule has 0 saturated heterocycles. The maximum atomic E-state index is 12.5. The molecular formula is C19H27N5O3. The molecule has 0 spiro atoms. The van der Waals surface area contributed by atoms with Crippen LogP contribution in [0.15, 0.2) is 36.7 Å². The summed E-state index contributed by atoms with van der Waals surface area (Å²) in [6, 6.07) is 7.52. The van der Waals surface area contributed by atoms with E-state index in [1.54, 1.807) is 25.0 Å². The van der Waals surface area contributed by atoms with E-state index in [0.717, 1.165) is 11.1 Å². The van der Waals surface area contributed by atoms with Crippen molar-refractivity contribution in [3.63, 3.8) is 0 Å². The van der Waals surface area contributed by atoms with Crippen LogP contribution in [-0.4, -0.2) is 59.9 Å². The molecule has 1 heterocycles. The monoisotopic (exact) mass is 373 g/mol. The summed E-state index contributed by atoms with van der Waals surface area (Å²) in [6.07, 6.45) is 3.48. The van der Waals surface area contributed by atoms with Gasteiger partial charge < -0.3 is 15.4 Å². The van der Waals surface area contributed by atoms with Gasteiger partial charge in [0.25, 0.3) is 0 Å². The van der Waals surface area contributed by atoms with Crippen molar-refractivity contribution in [1.29, 1.82) is 0 Å². The molecule has 2 aromatic rings. The van der Waals surface area contributed by atoms with Crippen molar-refractivity contribution in [1.82, 2.24) is 25.3 Å². The minimum absolute atomic E-state index is 0.0606. The Morgan fingerprint density at radius 1 is 1.19 bits per heavy atom. The third-order valence-corrected chi connectivity index (χ3v) is 3.97. The molecule has 0 aliphatic carbocycles. The highest BCUT2D eigenvalue weighted by atomic mass is 16.5. The number of hydrogen-bond acceptors (Lipinski definition) is 6. The van der Waals surface area contributed by atoms with Crippen molar-refractivity contribution in [2.75, 3.05) is 27.2 Å². The summed E-state index contributed by atoms with van der Waals surface area (Å²) in [7, 11) is 5.19. The van der Waals surface area contributed by atoms with E-state index in [2.05, 4.69) is 15.7 Å². The van der Waals surface area contributed by atoms with E-state index in [1.165, 1.54) is 4.90 Å². The summed E-state index contributed by atoms with van der Waals surface area (Å²) in [5, 5.41) is 9.76. The number of aryl methyl sites for hydroxylation is 1. The minimum atomic E-state index is -0.684. The average molecular weight is 373 g/mol. The number of hydrogen-bond donors (Lipinski definition) is 2. The van der Waals surface area contributed by atoms with Crippen molar-refractivity contribution in [3.8, 4) is 16.9 Å². The Morgan fingerprint density at radius 2 is 1.85 bits per heavy atom. The van der Waals surface area contributed by atoms with Crippen LogP contribution in [0.2, 0.25) is 0 Å². The van der Waals surface area contributed by atoms with Gasteiger partial charge in [-0.05, 0) is 31.8 Å². The molecular weight excluding hydrogens is 346 g/mol. The van der Waals surface area contributed by atoms with E-state index >= 15 is 0 Å². The van der Waals surface area contributed by atoms with Gasteiger partial charge in [0.2, 0.25) is 11.8 Å². The van der Waals surface area contributed by atoms with Gasteiger partial charge in [0, 0.05) is 25.2 Å². The van der Waals surface area contributed by atoms with Crippen molar-refractivity contribution in [2.24, 2.45) is 7.05 Å². The third-order valence-electron chi connectivity index (χ3n) is 3.97. The van der Waals surface area contributed by atoms with E-state index in [1.807, 2.05) is 44.4 Å². The molecule has 8 heteroatoms. The topological polar surface area (TPSA) is 88.5 Å². The average Bonchev–Trinajstić information content (AvgIpc) is 3.08. The number of aromatic nitrogens is 2. The first-order valence-corrected chi connectivity index (χ1v) is 8.90. The number of benzene rings is 1. The number of likely N-dealkylation sites (N-methyl/N-ethyl adjacent to an activating group) is 2. The van der Waals surface area contributed by atoms with Gasteiger partial charge in [0.05, 0.1) is 19.3 Å². The highest BCUT2D eigenvalue weighted by Gasteiger charge is 2.29. The Hall–Kier alpha value is -2.71. The van der Waals surface area contributed by atoms with E-state index in [-0.39, 0.29) is 24.9 Å². The Morgan fingerprint density at radius 3 is 2.37 bits per heavy atom. The SMILES string of the molecule is CCC(Oc1cccc(-c2cnn(C)c2)c1)N(C(=O)CNC)C(=O)CNC. The molecule has 0 aliphatic rings. The summed E-state index contributed by atoms with van der Waals surface area (Å²) in [5.74, 6) is -0.0660. The Balaban J connectivity index is 2.25. The number of nitrogens with zero attached hydrogens (tertiary/aromatic N) is 3. The molecule has 0 radical (unpaired) electrons. The van der Waals surface area contributed by atoms with Crippen LogP contribution >= 0.6 is 0 Å². The largest absolute Gasteiger partial charge is 0.470 e. The van der Waals surface area contributed by atoms with Crippen LogP contribution in [0.1, 0.15) is 13.3 Å². The van der Waals surface area contributed by atoms with Crippen LogP contribution in [0.5, 0.6) is 5.75 Å². The molecule has 8 nitrogen and oxygen atoms in total. The first kappa shape index (κ1) is 20.6. The second-order valence-electron chi connectivity index (χ2n) is 6.13. The molecule has 146 valence electrons. The molecule has 2 N–H and O–H groups in total. The van der Waals surface area contributed by atoms with Crippen molar-refractivity contribution in [2.45, 2.75) is 19.6 Å². The fraction of sp³-hybridized carbons (Fsp3) is 0.421. The first-order valence-electron chi connectivity index (χ1n) is 8.90. The molecule has 27 heavy (non-hydrogen) atoms. The molecule has 0 saturated carbocycles. The molecule has 2 amide bonds. The molecule has 1 atom stereocenters. The predicted molar refractivity (Wildman–Crippen MR) is 103 cm³/mol. The van der Waals surface area contributed by atoms with Gasteiger partial charge in [-0.3, -0.25) is 14.3 Å². The van der Waals surface area contributed by atoms with Gasteiger partial charge in [-0.25, -0.2) is 4.90 Å². The number of rotatable bonds is 9. The van der Waals surface area contributed by atoms with Gasteiger partial charge in [0.1, 0.15) is 5.75 Å². The van der Waals surface area contributed by atoms with Crippen LogP contribution in [0.4, 0.5) is 0 Å². The van der Waals surface area contributed by atoms with Crippen molar-refractivity contribution < 1.29 is 14.3 Å². The van der Waals surface area contributed by atoms with E-state index in [9.17, 15) is 9.59 Å². The Labute approximate surface area is 159 Å². The molecule has 1 aromatic heterocycles. The number of nitrogens with one attached hydrogen (secondary N) is 2. The van der Waals surface area contributed by atoms with Gasteiger partial charge in [-0.2, -0.15) is 5.10 Å². The normalized spacial score (nSPS) is 11.9. The zero-order chi connectivity index (χ0) is 19.8. The van der Waals surface area contributed by atoms with Crippen molar-refractivity contribution in [3.05, 3.63) is 36.7 Å². The number of ether oxygens (including phenoxy) is 1. The van der Waals surface area contributed by atoms with Gasteiger partial charge in [-0.1, -0.05) is 19.1 Å². The molecule has 0 aliphatic heterocycles. The molecule has 1 aromatic carbocycles. The molecule has 1 unspecified atom stereocenters. The summed E-state index contributed by atoms with van der Waals surface area (Å²) < 4.78 is 7.76. The van der Waals surface area contributed by atoms with Crippen molar-refractivity contribution >= 4 is 11.8 Å². The fourth-order valence-electron chi connectivity index (χ4n) is 2.73. The summed E-state index contributed by atoms with van der Waals surface area (Å²) in [4.78, 5) is 26.1. The second-order valence-corrected chi connectivity index (χ2v) is 6.13. The van der Waals surface area contributed by atoms with Crippen LogP contribution in [0.25, 0.3) is 11.1 Å². The smallest absolute Gasteiger partial charge is 0.246 e.